The summed E-state index contributed by atoms with van der Waals surface area (Å²) in [5.74, 6) is 0. The van der Waals surface area contributed by atoms with E-state index in [4.69, 9.17) is 10.3 Å². The van der Waals surface area contributed by atoms with Gasteiger partial charge in [-0.1, -0.05) is 0 Å². The van der Waals surface area contributed by atoms with E-state index in [0.29, 0.717) is 19.6 Å². The van der Waals surface area contributed by atoms with E-state index >= 15 is 0 Å². The highest BCUT2D eigenvalue weighted by Gasteiger charge is 1.90. The van der Waals surface area contributed by atoms with Crippen LogP contribution < -0.4 is 11.1 Å². The van der Waals surface area contributed by atoms with Crippen molar-refractivity contribution in [2.24, 2.45) is 5.73 Å². The number of hydrogen-bond donors (Lipinski definition) is 3. The van der Waals surface area contributed by atoms with Crippen molar-refractivity contribution in [1.29, 1.82) is 0 Å². The Labute approximate surface area is 62.4 Å². The molecular weight excluding hydrogens is 156 g/mol. The number of hydrogen-bond acceptors (Lipinski definition) is 4. The SMILES string of the molecule is NCCNCCOS(=O)O. The molecule has 0 fully saturated rings. The lowest BCUT2D eigenvalue weighted by atomic mass is 10.6. The molecule has 1 atom stereocenters. The Kier molecular flexibility index (Phi) is 7.09. The van der Waals surface area contributed by atoms with Crippen LogP contribution in [0.4, 0.5) is 0 Å². The summed E-state index contributed by atoms with van der Waals surface area (Å²) in [4.78, 5) is 0. The molecule has 0 bridgehead atoms. The molecule has 1 unspecified atom stereocenters. The van der Waals surface area contributed by atoms with Crippen LogP contribution in [-0.4, -0.2) is 35.0 Å². The molecule has 62 valence electrons. The summed E-state index contributed by atoms with van der Waals surface area (Å²) in [6.07, 6.45) is 0. The molecule has 0 aromatic rings. The molecule has 0 saturated carbocycles. The van der Waals surface area contributed by atoms with Gasteiger partial charge in [0.15, 0.2) is 0 Å². The van der Waals surface area contributed by atoms with Gasteiger partial charge in [-0.05, 0) is 0 Å². The summed E-state index contributed by atoms with van der Waals surface area (Å²) < 4.78 is 22.3. The maximum absolute atomic E-state index is 9.87. The molecule has 6 heteroatoms. The van der Waals surface area contributed by atoms with Crippen LogP contribution in [0.15, 0.2) is 0 Å². The van der Waals surface area contributed by atoms with Crippen LogP contribution in [-0.2, 0) is 15.5 Å². The normalized spacial score (nSPS) is 13.4. The first-order valence-electron chi connectivity index (χ1n) is 2.92. The maximum Gasteiger partial charge on any atom is 0.301 e. The summed E-state index contributed by atoms with van der Waals surface area (Å²) in [5, 5.41) is 2.89. The Morgan fingerprint density at radius 3 is 2.80 bits per heavy atom. The molecule has 0 rings (SSSR count). The van der Waals surface area contributed by atoms with Gasteiger partial charge in [0.25, 0.3) is 0 Å². The predicted molar refractivity (Wildman–Crippen MR) is 38.6 cm³/mol. The first kappa shape index (κ1) is 9.99. The summed E-state index contributed by atoms with van der Waals surface area (Å²) >= 11 is -2.14. The van der Waals surface area contributed by atoms with Gasteiger partial charge >= 0.3 is 11.4 Å². The van der Waals surface area contributed by atoms with Crippen LogP contribution >= 0.6 is 0 Å². The summed E-state index contributed by atoms with van der Waals surface area (Å²) in [6.45, 7) is 2.02. The zero-order valence-corrected chi connectivity index (χ0v) is 6.39. The van der Waals surface area contributed by atoms with Crippen LogP contribution in [0.2, 0.25) is 0 Å². The topological polar surface area (TPSA) is 84.6 Å². The first-order chi connectivity index (χ1) is 4.77. The van der Waals surface area contributed by atoms with E-state index in [1.807, 2.05) is 0 Å². The van der Waals surface area contributed by atoms with E-state index in [-0.39, 0.29) is 6.61 Å². The molecule has 0 saturated heterocycles. The number of nitrogens with two attached hydrogens (primary N) is 1. The van der Waals surface area contributed by atoms with Gasteiger partial charge in [-0.25, -0.2) is 0 Å². The van der Waals surface area contributed by atoms with Crippen molar-refractivity contribution in [3.63, 3.8) is 0 Å². The molecule has 0 aromatic carbocycles. The van der Waals surface area contributed by atoms with Gasteiger partial charge in [-0.3, -0.25) is 8.74 Å². The van der Waals surface area contributed by atoms with Crippen LogP contribution in [0.3, 0.4) is 0 Å². The van der Waals surface area contributed by atoms with Crippen molar-refractivity contribution in [3.05, 3.63) is 0 Å². The van der Waals surface area contributed by atoms with E-state index < -0.39 is 11.4 Å². The van der Waals surface area contributed by atoms with Crippen molar-refractivity contribution in [1.82, 2.24) is 5.32 Å². The lowest BCUT2D eigenvalue weighted by Gasteiger charge is -1.99. The highest BCUT2D eigenvalue weighted by molar-refractivity contribution is 7.74. The fourth-order valence-electron chi connectivity index (χ4n) is 0.412. The molecule has 0 heterocycles. The lowest BCUT2D eigenvalue weighted by molar-refractivity contribution is 0.305. The quantitative estimate of drug-likeness (QED) is 0.338. The molecule has 0 radical (unpaired) electrons. The van der Waals surface area contributed by atoms with Gasteiger partial charge in [0.1, 0.15) is 0 Å². The second-order valence-electron chi connectivity index (χ2n) is 1.58. The molecule has 0 aliphatic rings. The third-order valence-electron chi connectivity index (χ3n) is 0.784. The largest absolute Gasteiger partial charge is 0.329 e. The van der Waals surface area contributed by atoms with E-state index in [1.165, 1.54) is 0 Å². The highest BCUT2D eigenvalue weighted by Crippen LogP contribution is 1.75. The van der Waals surface area contributed by atoms with Crippen molar-refractivity contribution >= 4 is 11.4 Å². The van der Waals surface area contributed by atoms with E-state index in [1.54, 1.807) is 0 Å². The Morgan fingerprint density at radius 2 is 2.30 bits per heavy atom. The zero-order valence-electron chi connectivity index (χ0n) is 5.58. The molecule has 0 amide bonds. The Bertz CT molecular complexity index is 101. The summed E-state index contributed by atoms with van der Waals surface area (Å²) in [6, 6.07) is 0. The molecule has 5 nitrogen and oxygen atoms in total. The first-order valence-corrected chi connectivity index (χ1v) is 3.95. The molecule has 0 spiro atoms. The predicted octanol–water partition coefficient (Wildman–Crippen LogP) is -1.31. The second-order valence-corrected chi connectivity index (χ2v) is 2.25. The van der Waals surface area contributed by atoms with E-state index in [0.717, 1.165) is 0 Å². The molecular formula is C4H12N2O3S. The Hall–Kier alpha value is -0.0100. The van der Waals surface area contributed by atoms with Crippen LogP contribution in [0.5, 0.6) is 0 Å². The fraction of sp³-hybridized carbons (Fsp3) is 1.00. The minimum atomic E-state index is -2.14. The fourth-order valence-corrected chi connectivity index (χ4v) is 0.638. The van der Waals surface area contributed by atoms with Gasteiger partial charge in [0.05, 0.1) is 6.61 Å². The Morgan fingerprint density at radius 1 is 1.60 bits per heavy atom. The molecule has 10 heavy (non-hydrogen) atoms. The summed E-state index contributed by atoms with van der Waals surface area (Å²) in [5.41, 5.74) is 5.16. The third-order valence-corrected chi connectivity index (χ3v) is 1.15. The average Bonchev–Trinajstić information content (AvgIpc) is 1.87. The van der Waals surface area contributed by atoms with Crippen molar-refractivity contribution in [3.8, 4) is 0 Å². The number of rotatable bonds is 6. The van der Waals surface area contributed by atoms with Gasteiger partial charge in [-0.15, -0.1) is 0 Å². The number of nitrogens with one attached hydrogen (secondary N) is 1. The highest BCUT2D eigenvalue weighted by atomic mass is 32.2. The van der Waals surface area contributed by atoms with E-state index in [9.17, 15) is 4.21 Å². The molecule has 0 aromatic heterocycles. The zero-order chi connectivity index (χ0) is 7.82. The minimum Gasteiger partial charge on any atom is -0.329 e. The van der Waals surface area contributed by atoms with E-state index in [2.05, 4.69) is 9.50 Å². The Balaban J connectivity index is 2.84. The smallest absolute Gasteiger partial charge is 0.301 e. The molecule has 0 aliphatic carbocycles. The third kappa shape index (κ3) is 7.99. The molecule has 4 N–H and O–H groups in total. The van der Waals surface area contributed by atoms with Crippen molar-refractivity contribution in [2.45, 2.75) is 0 Å². The molecule has 0 aliphatic heterocycles. The van der Waals surface area contributed by atoms with Gasteiger partial charge in [0.2, 0.25) is 0 Å². The van der Waals surface area contributed by atoms with Gasteiger partial charge in [0, 0.05) is 19.6 Å². The van der Waals surface area contributed by atoms with Crippen LogP contribution in [0.1, 0.15) is 0 Å². The second kappa shape index (κ2) is 7.10. The van der Waals surface area contributed by atoms with Crippen LogP contribution in [0.25, 0.3) is 0 Å². The lowest BCUT2D eigenvalue weighted by Crippen LogP contribution is -2.26. The van der Waals surface area contributed by atoms with Gasteiger partial charge in [-0.2, -0.15) is 4.21 Å². The van der Waals surface area contributed by atoms with Crippen LogP contribution in [0, 0.1) is 0 Å². The standard InChI is InChI=1S/C4H12N2O3S/c5-1-2-6-3-4-9-10(7)8/h6H,1-5H2,(H,7,8). The summed E-state index contributed by atoms with van der Waals surface area (Å²) in [7, 11) is 0. The average molecular weight is 168 g/mol. The minimum absolute atomic E-state index is 0.225. The van der Waals surface area contributed by atoms with Crippen molar-refractivity contribution < 1.29 is 12.9 Å². The van der Waals surface area contributed by atoms with Gasteiger partial charge < -0.3 is 11.1 Å². The van der Waals surface area contributed by atoms with Crippen molar-refractivity contribution in [2.75, 3.05) is 26.2 Å². The monoisotopic (exact) mass is 168 g/mol. The maximum atomic E-state index is 9.87.